The van der Waals surface area contributed by atoms with Crippen LogP contribution in [-0.4, -0.2) is 0 Å². The van der Waals surface area contributed by atoms with E-state index in [1.807, 2.05) is 0 Å². The molecule has 0 heteroatoms. The summed E-state index contributed by atoms with van der Waals surface area (Å²) in [6.07, 6.45) is 8.07. The fourth-order valence-electron chi connectivity index (χ4n) is 2.60. The number of allylic oxidation sites excluding steroid dienone is 1. The molecule has 0 aromatic heterocycles. The van der Waals surface area contributed by atoms with Crippen molar-refractivity contribution >= 4 is 0 Å². The summed E-state index contributed by atoms with van der Waals surface area (Å²) in [6, 6.07) is 0. The van der Waals surface area contributed by atoms with Crippen molar-refractivity contribution in [3.8, 4) is 0 Å². The Morgan fingerprint density at radius 1 is 1.05 bits per heavy atom. The van der Waals surface area contributed by atoms with E-state index in [4.69, 9.17) is 0 Å². The lowest BCUT2D eigenvalue weighted by Crippen LogP contribution is -2.09. The van der Waals surface area contributed by atoms with Gasteiger partial charge in [-0.3, -0.25) is 0 Å². The van der Waals surface area contributed by atoms with E-state index in [9.17, 15) is 0 Å². The molecule has 0 N–H and O–H groups in total. The maximum Gasteiger partial charge on any atom is -0.0277 e. The van der Waals surface area contributed by atoms with Gasteiger partial charge in [-0.05, 0) is 30.6 Å². The zero-order valence-electron chi connectivity index (χ0n) is 15.1. The monoisotopic (exact) mass is 268 g/mol. The Balaban J connectivity index is 0. The molecule has 0 bridgehead atoms. The van der Waals surface area contributed by atoms with Crippen LogP contribution in [0.2, 0.25) is 0 Å². The molecule has 0 fully saturated rings. The number of rotatable bonds is 7. The first-order valence-corrected chi connectivity index (χ1v) is 8.32. The first-order chi connectivity index (χ1) is 8.67. The van der Waals surface area contributed by atoms with Gasteiger partial charge in [-0.25, -0.2) is 0 Å². The normalized spacial score (nSPS) is 14.3. The molecule has 0 aromatic carbocycles. The fourth-order valence-corrected chi connectivity index (χ4v) is 2.60. The highest BCUT2D eigenvalue weighted by molar-refractivity contribution is 4.91. The van der Waals surface area contributed by atoms with Gasteiger partial charge in [-0.15, -0.1) is 6.58 Å². The predicted octanol–water partition coefficient (Wildman–Crippen LogP) is 7.25. The Labute approximate surface area is 124 Å². The van der Waals surface area contributed by atoms with E-state index in [1.54, 1.807) is 0 Å². The summed E-state index contributed by atoms with van der Waals surface area (Å²) in [6.45, 7) is 21.9. The Kier molecular flexibility index (Phi) is 12.8. The van der Waals surface area contributed by atoms with Crippen LogP contribution in [-0.2, 0) is 0 Å². The summed E-state index contributed by atoms with van der Waals surface area (Å²) in [5.74, 6) is 1.92. The average molecular weight is 269 g/mol. The molecular formula is C19H40. The van der Waals surface area contributed by atoms with Gasteiger partial charge in [0.25, 0.3) is 0 Å². The molecular weight excluding hydrogens is 228 g/mol. The predicted molar refractivity (Wildman–Crippen MR) is 91.6 cm³/mol. The topological polar surface area (TPSA) is 0 Å². The highest BCUT2D eigenvalue weighted by Crippen LogP contribution is 2.24. The summed E-state index contributed by atoms with van der Waals surface area (Å²) in [5.41, 5.74) is 1.70. The van der Waals surface area contributed by atoms with E-state index >= 15 is 0 Å². The standard InChI is InChI=1S/C11H24.C8H16/c1-5-8-9-11(7-3)10(4)6-2;1-7(2)6-8(3,4)5/h10-11H,5-9H2,1-4H3;1,6H2,2-5H3. The smallest absolute Gasteiger partial charge is 0.0277 e. The van der Waals surface area contributed by atoms with Crippen molar-refractivity contribution < 1.29 is 0 Å². The maximum absolute atomic E-state index is 3.84. The van der Waals surface area contributed by atoms with E-state index in [-0.39, 0.29) is 0 Å². The SMILES string of the molecule is C=C(C)CC(C)(C)C.CCCCC(CC)C(C)CC. The molecule has 2 atom stereocenters. The summed E-state index contributed by atoms with van der Waals surface area (Å²) >= 11 is 0. The third-order valence-electron chi connectivity index (χ3n) is 3.73. The molecule has 0 aliphatic carbocycles. The molecule has 0 heterocycles. The lowest BCUT2D eigenvalue weighted by atomic mass is 9.86. The van der Waals surface area contributed by atoms with Gasteiger partial charge in [0.05, 0.1) is 0 Å². The highest BCUT2D eigenvalue weighted by Gasteiger charge is 2.12. The van der Waals surface area contributed by atoms with Gasteiger partial charge in [0.15, 0.2) is 0 Å². The minimum atomic E-state index is 0.422. The van der Waals surface area contributed by atoms with Crippen LogP contribution in [0.5, 0.6) is 0 Å². The van der Waals surface area contributed by atoms with Gasteiger partial charge in [0, 0.05) is 0 Å². The van der Waals surface area contributed by atoms with E-state index < -0.39 is 0 Å². The van der Waals surface area contributed by atoms with Crippen molar-refractivity contribution in [1.82, 2.24) is 0 Å². The minimum Gasteiger partial charge on any atom is -0.100 e. The van der Waals surface area contributed by atoms with Crippen LogP contribution in [0.3, 0.4) is 0 Å². The molecule has 0 nitrogen and oxygen atoms in total. The minimum absolute atomic E-state index is 0.422. The largest absolute Gasteiger partial charge is 0.100 e. The quantitative estimate of drug-likeness (QED) is 0.427. The zero-order chi connectivity index (χ0) is 15.5. The number of unbranched alkanes of at least 4 members (excludes halogenated alkanes) is 1. The Morgan fingerprint density at radius 3 is 1.79 bits per heavy atom. The molecule has 0 radical (unpaired) electrons. The van der Waals surface area contributed by atoms with Gasteiger partial charge < -0.3 is 0 Å². The highest BCUT2D eigenvalue weighted by atomic mass is 14.2. The van der Waals surface area contributed by atoms with Crippen LogP contribution >= 0.6 is 0 Å². The summed E-state index contributed by atoms with van der Waals surface area (Å²) in [5, 5.41) is 0. The lowest BCUT2D eigenvalue weighted by molar-refractivity contribution is 0.310. The maximum atomic E-state index is 3.84. The molecule has 0 rings (SSSR count). The first-order valence-electron chi connectivity index (χ1n) is 8.32. The van der Waals surface area contributed by atoms with Crippen LogP contribution in [0.1, 0.15) is 93.9 Å². The van der Waals surface area contributed by atoms with Gasteiger partial charge in [0.1, 0.15) is 0 Å². The van der Waals surface area contributed by atoms with E-state index in [0.717, 1.165) is 18.3 Å². The molecule has 0 saturated heterocycles. The number of hydrogen-bond acceptors (Lipinski definition) is 0. The Bertz CT molecular complexity index is 207. The Hall–Kier alpha value is -0.260. The third-order valence-corrected chi connectivity index (χ3v) is 3.73. The van der Waals surface area contributed by atoms with Crippen molar-refractivity contribution in [3.63, 3.8) is 0 Å². The third kappa shape index (κ3) is 15.7. The summed E-state index contributed by atoms with van der Waals surface area (Å²) in [7, 11) is 0. The average Bonchev–Trinajstić information content (AvgIpc) is 2.27. The fraction of sp³-hybridized carbons (Fsp3) is 0.895. The first kappa shape index (κ1) is 21.0. The summed E-state index contributed by atoms with van der Waals surface area (Å²) in [4.78, 5) is 0. The van der Waals surface area contributed by atoms with Crippen molar-refractivity contribution in [2.75, 3.05) is 0 Å². The molecule has 0 spiro atoms. The van der Waals surface area contributed by atoms with E-state index in [1.165, 1.54) is 37.7 Å². The van der Waals surface area contributed by atoms with E-state index in [2.05, 4.69) is 62.0 Å². The molecule has 2 unspecified atom stereocenters. The molecule has 0 amide bonds. The van der Waals surface area contributed by atoms with Crippen LogP contribution in [0.25, 0.3) is 0 Å². The molecule has 0 aromatic rings. The second kappa shape index (κ2) is 11.6. The molecule has 19 heavy (non-hydrogen) atoms. The van der Waals surface area contributed by atoms with Gasteiger partial charge in [-0.2, -0.15) is 0 Å². The molecule has 0 saturated carbocycles. The van der Waals surface area contributed by atoms with Crippen LogP contribution in [0.4, 0.5) is 0 Å². The van der Waals surface area contributed by atoms with Gasteiger partial charge in [0.2, 0.25) is 0 Å². The van der Waals surface area contributed by atoms with Crippen LogP contribution in [0.15, 0.2) is 12.2 Å². The lowest BCUT2D eigenvalue weighted by Gasteiger charge is -2.20. The number of hydrogen-bond donors (Lipinski definition) is 0. The van der Waals surface area contributed by atoms with Crippen molar-refractivity contribution in [3.05, 3.63) is 12.2 Å². The van der Waals surface area contributed by atoms with Gasteiger partial charge in [-0.1, -0.05) is 86.1 Å². The van der Waals surface area contributed by atoms with Gasteiger partial charge >= 0.3 is 0 Å². The van der Waals surface area contributed by atoms with Crippen LogP contribution < -0.4 is 0 Å². The Morgan fingerprint density at radius 2 is 1.58 bits per heavy atom. The van der Waals surface area contributed by atoms with Crippen molar-refractivity contribution in [2.24, 2.45) is 17.3 Å². The second-order valence-corrected chi connectivity index (χ2v) is 7.39. The van der Waals surface area contributed by atoms with Crippen molar-refractivity contribution in [2.45, 2.75) is 93.9 Å². The molecule has 116 valence electrons. The zero-order valence-corrected chi connectivity index (χ0v) is 15.1. The van der Waals surface area contributed by atoms with Crippen LogP contribution in [0, 0.1) is 17.3 Å². The summed E-state index contributed by atoms with van der Waals surface area (Å²) < 4.78 is 0. The van der Waals surface area contributed by atoms with Crippen molar-refractivity contribution in [1.29, 1.82) is 0 Å². The van der Waals surface area contributed by atoms with E-state index in [0.29, 0.717) is 5.41 Å². The molecule has 0 aliphatic rings. The second-order valence-electron chi connectivity index (χ2n) is 7.39. The molecule has 0 aliphatic heterocycles.